The monoisotopic (exact) mass is 430 g/mol. The zero-order valence-electron chi connectivity index (χ0n) is 18.6. The highest BCUT2D eigenvalue weighted by molar-refractivity contribution is 7.98. The molecule has 7 nitrogen and oxygen atoms in total. The first kappa shape index (κ1) is 25.2. The van der Waals surface area contributed by atoms with E-state index in [1.54, 1.807) is 7.11 Å². The maximum absolute atomic E-state index is 8.95. The lowest BCUT2D eigenvalue weighted by Gasteiger charge is -2.14. The molecule has 0 aliphatic rings. The number of carbonyl (C=O) groups is 1. The molecule has 1 aromatic carbocycles. The van der Waals surface area contributed by atoms with Crippen molar-refractivity contribution in [3.63, 3.8) is 0 Å². The van der Waals surface area contributed by atoms with Gasteiger partial charge in [0.15, 0.2) is 5.16 Å². The zero-order chi connectivity index (χ0) is 22.7. The van der Waals surface area contributed by atoms with Crippen LogP contribution < -0.4 is 10.2 Å². The largest absolute Gasteiger partial charge is 0.497 e. The Hall–Kier alpha value is -2.87. The van der Waals surface area contributed by atoms with Gasteiger partial charge in [-0.05, 0) is 49.4 Å². The summed E-state index contributed by atoms with van der Waals surface area (Å²) in [5.74, 6) is 0.793. The molecule has 8 heteroatoms. The van der Waals surface area contributed by atoms with Gasteiger partial charge in [0.1, 0.15) is 16.9 Å². The Balaban J connectivity index is 0.000000673. The average Bonchev–Trinajstić information content (AvgIpc) is 2.79. The molecule has 0 aliphatic heterocycles. The van der Waals surface area contributed by atoms with Crippen LogP contribution in [0.2, 0.25) is 0 Å². The van der Waals surface area contributed by atoms with Crippen molar-refractivity contribution in [2.24, 2.45) is 0 Å². The minimum atomic E-state index is 0.375. The van der Waals surface area contributed by atoms with Crippen LogP contribution in [-0.4, -0.2) is 41.5 Å². The first-order valence-corrected chi connectivity index (χ1v) is 10.8. The predicted octanol–water partition coefficient (Wildman–Crippen LogP) is 4.45. The summed E-state index contributed by atoms with van der Waals surface area (Å²) in [6.07, 6.45) is 3.78. The van der Waals surface area contributed by atoms with E-state index in [1.807, 2.05) is 62.9 Å². The molecule has 0 atom stereocenters. The van der Waals surface area contributed by atoms with Crippen LogP contribution in [0.4, 0.5) is 0 Å². The summed E-state index contributed by atoms with van der Waals surface area (Å²) >= 11 is 1.50. The maximum atomic E-state index is 8.95. The van der Waals surface area contributed by atoms with Crippen molar-refractivity contribution in [3.05, 3.63) is 41.5 Å². The van der Waals surface area contributed by atoms with Gasteiger partial charge in [0.25, 0.3) is 6.47 Å². The van der Waals surface area contributed by atoms with Crippen LogP contribution in [0.25, 0.3) is 22.2 Å². The van der Waals surface area contributed by atoms with Crippen molar-refractivity contribution in [1.29, 1.82) is 5.41 Å². The Labute approximate surface area is 182 Å². The second-order valence-corrected chi connectivity index (χ2v) is 6.63. The molecular formula is C22H30N4O3S. The zero-order valence-corrected chi connectivity index (χ0v) is 19.5. The number of carbonyl (C=O) groups excluding carboxylic acids is 1. The minimum absolute atomic E-state index is 0.375. The summed E-state index contributed by atoms with van der Waals surface area (Å²) in [6.45, 7) is 9.11. The molecule has 30 heavy (non-hydrogen) atoms. The number of pyridine rings is 1. The van der Waals surface area contributed by atoms with Gasteiger partial charge in [0.2, 0.25) is 0 Å². The van der Waals surface area contributed by atoms with Crippen LogP contribution in [0.3, 0.4) is 0 Å². The van der Waals surface area contributed by atoms with E-state index in [2.05, 4.69) is 20.8 Å². The maximum Gasteiger partial charge on any atom is 0.292 e. The van der Waals surface area contributed by atoms with Gasteiger partial charge in [-0.15, -0.1) is 0 Å². The second kappa shape index (κ2) is 12.6. The molecule has 0 radical (unpaired) electrons. The van der Waals surface area contributed by atoms with Crippen molar-refractivity contribution in [2.75, 3.05) is 20.5 Å². The van der Waals surface area contributed by atoms with E-state index >= 15 is 0 Å². The number of nitrogens with zero attached hydrogens (tertiary/aromatic N) is 3. The first-order valence-electron chi connectivity index (χ1n) is 9.60. The van der Waals surface area contributed by atoms with Crippen LogP contribution in [0.15, 0.2) is 35.6 Å². The van der Waals surface area contributed by atoms with E-state index in [4.69, 9.17) is 14.9 Å². The summed E-state index contributed by atoms with van der Waals surface area (Å²) in [5, 5.41) is 10.3. The van der Waals surface area contributed by atoms with E-state index in [0.29, 0.717) is 23.7 Å². The Kier molecular flexibility index (Phi) is 10.6. The standard InChI is InChI=1S/C18H20N4OS.C2H4O2.C2H6/c1-5-22-16(19)15(12-6-11(2)7-14(8-12)23-3)9-13-10-20-18(24-4)21-17(13)22;1-4-2-3;1-2/h6-10,19H,5H2,1-4H3;2H,1H3;1-2H3. The van der Waals surface area contributed by atoms with Gasteiger partial charge < -0.3 is 14.0 Å². The molecule has 2 aromatic heterocycles. The van der Waals surface area contributed by atoms with E-state index in [9.17, 15) is 0 Å². The predicted molar refractivity (Wildman–Crippen MR) is 122 cm³/mol. The molecule has 1 N–H and O–H groups in total. The third-order valence-corrected chi connectivity index (χ3v) is 4.61. The lowest BCUT2D eigenvalue weighted by atomic mass is 10.0. The molecule has 2 heterocycles. The van der Waals surface area contributed by atoms with E-state index in [-0.39, 0.29) is 0 Å². The molecular weight excluding hydrogens is 400 g/mol. The Morgan fingerprint density at radius 1 is 1.20 bits per heavy atom. The highest BCUT2D eigenvalue weighted by Gasteiger charge is 2.11. The van der Waals surface area contributed by atoms with Crippen molar-refractivity contribution in [3.8, 4) is 16.9 Å². The smallest absolute Gasteiger partial charge is 0.292 e. The third-order valence-electron chi connectivity index (χ3n) is 4.05. The molecule has 0 amide bonds. The van der Waals surface area contributed by atoms with E-state index < -0.39 is 0 Å². The molecule has 0 fully saturated rings. The van der Waals surface area contributed by atoms with Gasteiger partial charge in [-0.2, -0.15) is 0 Å². The molecule has 162 valence electrons. The van der Waals surface area contributed by atoms with Gasteiger partial charge >= 0.3 is 0 Å². The number of fused-ring (bicyclic) bond motifs is 1. The van der Waals surface area contributed by atoms with Crippen LogP contribution in [-0.2, 0) is 16.1 Å². The molecule has 3 aromatic rings. The average molecular weight is 431 g/mol. The van der Waals surface area contributed by atoms with Gasteiger partial charge in [0.05, 0.1) is 14.2 Å². The molecule has 0 saturated heterocycles. The van der Waals surface area contributed by atoms with Crippen molar-refractivity contribution < 1.29 is 14.3 Å². The van der Waals surface area contributed by atoms with E-state index in [0.717, 1.165) is 33.5 Å². The third kappa shape index (κ3) is 6.06. The number of aryl methyl sites for hydroxylation is 2. The topological polar surface area (TPSA) is 90.1 Å². The van der Waals surface area contributed by atoms with Gasteiger partial charge in [0, 0.05) is 23.7 Å². The number of aromatic nitrogens is 3. The molecule has 0 bridgehead atoms. The molecule has 3 rings (SSSR count). The fourth-order valence-electron chi connectivity index (χ4n) is 2.81. The SMILES string of the molecule is CC.CCn1c(=N)c(-c2cc(C)cc(OC)c2)cc2cnc(SC)nc21.COC=O. The summed E-state index contributed by atoms with van der Waals surface area (Å²) in [6, 6.07) is 8.00. The van der Waals surface area contributed by atoms with Crippen molar-refractivity contribution in [2.45, 2.75) is 39.4 Å². The minimum Gasteiger partial charge on any atom is -0.497 e. The number of hydrogen-bond acceptors (Lipinski definition) is 7. The fraction of sp³-hybridized carbons (Fsp3) is 0.364. The molecule has 0 spiro atoms. The summed E-state index contributed by atoms with van der Waals surface area (Å²) in [5.41, 5.74) is 4.16. The normalized spacial score (nSPS) is 9.70. The Bertz CT molecular complexity index is 1030. The van der Waals surface area contributed by atoms with Crippen LogP contribution >= 0.6 is 11.8 Å². The van der Waals surface area contributed by atoms with Crippen LogP contribution in [0.5, 0.6) is 5.75 Å². The molecule has 0 aliphatic carbocycles. The second-order valence-electron chi connectivity index (χ2n) is 5.86. The first-order chi connectivity index (χ1) is 14.5. The van der Waals surface area contributed by atoms with Crippen molar-refractivity contribution in [1.82, 2.24) is 14.5 Å². The lowest BCUT2D eigenvalue weighted by molar-refractivity contribution is -0.126. The van der Waals surface area contributed by atoms with Gasteiger partial charge in [-0.25, -0.2) is 9.97 Å². The number of methoxy groups -OCH3 is 2. The lowest BCUT2D eigenvalue weighted by Crippen LogP contribution is -2.22. The summed E-state index contributed by atoms with van der Waals surface area (Å²) in [4.78, 5) is 17.9. The highest BCUT2D eigenvalue weighted by atomic mass is 32.2. The number of benzene rings is 1. The van der Waals surface area contributed by atoms with Gasteiger partial charge in [-0.3, -0.25) is 10.2 Å². The van der Waals surface area contributed by atoms with Gasteiger partial charge in [-0.1, -0.05) is 31.7 Å². The molecule has 0 saturated carbocycles. The summed E-state index contributed by atoms with van der Waals surface area (Å²) < 4.78 is 11.2. The number of ether oxygens (including phenoxy) is 2. The fourth-order valence-corrected chi connectivity index (χ4v) is 3.14. The summed E-state index contributed by atoms with van der Waals surface area (Å²) in [7, 11) is 2.97. The number of hydrogen-bond donors (Lipinski definition) is 1. The van der Waals surface area contributed by atoms with Crippen molar-refractivity contribution >= 4 is 29.3 Å². The molecule has 0 unspecified atom stereocenters. The Morgan fingerprint density at radius 2 is 1.87 bits per heavy atom. The number of thioether (sulfide) groups is 1. The van der Waals surface area contributed by atoms with E-state index in [1.165, 1.54) is 18.9 Å². The van der Waals surface area contributed by atoms with Crippen LogP contribution in [0.1, 0.15) is 26.3 Å². The number of nitrogens with one attached hydrogen (secondary N) is 1. The highest BCUT2D eigenvalue weighted by Crippen LogP contribution is 2.26. The number of rotatable bonds is 5. The Morgan fingerprint density at radius 3 is 2.40 bits per heavy atom. The van der Waals surface area contributed by atoms with Crippen LogP contribution in [0, 0.1) is 12.3 Å². The quantitative estimate of drug-likeness (QED) is 0.365.